The minimum Gasteiger partial charge on any atom is -0.396 e. The molecular weight excluding hydrogens is 513 g/mol. The molecule has 1 N–H and O–H groups in total. The summed E-state index contributed by atoms with van der Waals surface area (Å²) in [5.41, 5.74) is 0.668. The van der Waals surface area contributed by atoms with Gasteiger partial charge in [-0.3, -0.25) is 14.1 Å². The largest absolute Gasteiger partial charge is 0.418 e. The molecule has 1 saturated heterocycles. The summed E-state index contributed by atoms with van der Waals surface area (Å²) in [6, 6.07) is 9.49. The second kappa shape index (κ2) is 8.42. The fourth-order valence-corrected chi connectivity index (χ4v) is 5.09. The Morgan fingerprint density at radius 1 is 1.15 bits per heavy atom. The number of fused-ring (bicyclic) bond motifs is 3. The van der Waals surface area contributed by atoms with Gasteiger partial charge in [0.15, 0.2) is 0 Å². The monoisotopic (exact) mass is 534 g/mol. The Bertz CT molecular complexity index is 1450. The van der Waals surface area contributed by atoms with Crippen molar-refractivity contribution in [2.75, 3.05) is 24.6 Å². The number of hydrogen-bond donors (Lipinski definition) is 1. The number of rotatable bonds is 3. The van der Waals surface area contributed by atoms with Gasteiger partial charge in [0.25, 0.3) is 0 Å². The van der Waals surface area contributed by atoms with Crippen LogP contribution in [0.3, 0.4) is 0 Å². The maximum Gasteiger partial charge on any atom is 0.418 e. The number of alkyl halides is 3. The van der Waals surface area contributed by atoms with Gasteiger partial charge in [-0.25, -0.2) is 4.79 Å². The third kappa shape index (κ3) is 3.78. The lowest BCUT2D eigenvalue weighted by Crippen LogP contribution is -2.36. The Hall–Kier alpha value is -2.85. The van der Waals surface area contributed by atoms with Crippen molar-refractivity contribution in [3.8, 4) is 5.69 Å². The third-order valence-corrected chi connectivity index (χ3v) is 7.10. The number of aryl methyl sites for hydroxylation is 1. The van der Waals surface area contributed by atoms with Crippen molar-refractivity contribution in [2.24, 2.45) is 13.0 Å². The highest BCUT2D eigenvalue weighted by Gasteiger charge is 2.36. The molecule has 1 aliphatic heterocycles. The first-order valence-electron chi connectivity index (χ1n) is 10.9. The molecule has 2 aromatic heterocycles. The van der Waals surface area contributed by atoms with E-state index in [1.807, 2.05) is 12.1 Å². The minimum atomic E-state index is -4.60. The Morgan fingerprint density at radius 2 is 1.88 bits per heavy atom. The van der Waals surface area contributed by atoms with Crippen molar-refractivity contribution in [2.45, 2.75) is 19.0 Å². The van der Waals surface area contributed by atoms with Crippen LogP contribution in [0.4, 0.5) is 18.9 Å². The molecule has 0 amide bonds. The van der Waals surface area contributed by atoms with E-state index in [-0.39, 0.29) is 23.9 Å². The van der Waals surface area contributed by atoms with Crippen molar-refractivity contribution in [3.05, 3.63) is 63.1 Å². The second-order valence-electron chi connectivity index (χ2n) is 8.64. The SMILES string of the molecule is Cn1c(=O)n(-c2ccc(N3CCC(CO)CC3)c(C(F)(F)F)c2)c2c3cc(Br)ccc3ncc21. The molecule has 34 heavy (non-hydrogen) atoms. The lowest BCUT2D eigenvalue weighted by Gasteiger charge is -2.34. The van der Waals surface area contributed by atoms with Gasteiger partial charge in [0.05, 0.1) is 34.0 Å². The molecule has 0 aliphatic carbocycles. The molecule has 10 heteroatoms. The van der Waals surface area contributed by atoms with E-state index in [1.54, 1.807) is 30.3 Å². The first-order valence-corrected chi connectivity index (χ1v) is 11.7. The predicted molar refractivity (Wildman–Crippen MR) is 129 cm³/mol. The zero-order valence-corrected chi connectivity index (χ0v) is 19.9. The van der Waals surface area contributed by atoms with Gasteiger partial charge in [-0.1, -0.05) is 15.9 Å². The predicted octanol–water partition coefficient (Wildman–Crippen LogP) is 4.87. The molecule has 0 spiro atoms. The molecule has 4 aromatic rings. The number of piperidine rings is 1. The van der Waals surface area contributed by atoms with E-state index >= 15 is 0 Å². The summed E-state index contributed by atoms with van der Waals surface area (Å²) in [4.78, 5) is 19.3. The summed E-state index contributed by atoms with van der Waals surface area (Å²) in [5.74, 6) is 0.111. The Balaban J connectivity index is 1.72. The van der Waals surface area contributed by atoms with Crippen molar-refractivity contribution in [3.63, 3.8) is 0 Å². The molecule has 0 atom stereocenters. The van der Waals surface area contributed by atoms with Crippen molar-refractivity contribution in [1.29, 1.82) is 0 Å². The zero-order chi connectivity index (χ0) is 24.2. The molecule has 5 rings (SSSR count). The van der Waals surface area contributed by atoms with Gasteiger partial charge in [0.2, 0.25) is 0 Å². The van der Waals surface area contributed by atoms with Crippen LogP contribution in [0.25, 0.3) is 27.6 Å². The quantitative estimate of drug-likeness (QED) is 0.407. The number of aromatic nitrogens is 3. The van der Waals surface area contributed by atoms with E-state index in [9.17, 15) is 23.1 Å². The van der Waals surface area contributed by atoms with E-state index in [0.717, 1.165) is 10.5 Å². The summed E-state index contributed by atoms with van der Waals surface area (Å²) in [6.45, 7) is 0.917. The summed E-state index contributed by atoms with van der Waals surface area (Å²) < 4.78 is 46.1. The number of anilines is 1. The molecular formula is C24H22BrF3N4O2. The second-order valence-corrected chi connectivity index (χ2v) is 9.56. The highest BCUT2D eigenvalue weighted by molar-refractivity contribution is 9.10. The van der Waals surface area contributed by atoms with Gasteiger partial charge < -0.3 is 10.0 Å². The van der Waals surface area contributed by atoms with Crippen molar-refractivity contribution < 1.29 is 18.3 Å². The van der Waals surface area contributed by atoms with E-state index in [2.05, 4.69) is 20.9 Å². The van der Waals surface area contributed by atoms with Crippen LogP contribution in [-0.4, -0.2) is 38.9 Å². The first-order chi connectivity index (χ1) is 16.2. The van der Waals surface area contributed by atoms with Crippen LogP contribution >= 0.6 is 15.9 Å². The lowest BCUT2D eigenvalue weighted by molar-refractivity contribution is -0.137. The number of halogens is 4. The molecule has 178 valence electrons. The van der Waals surface area contributed by atoms with Gasteiger partial charge in [0.1, 0.15) is 0 Å². The van der Waals surface area contributed by atoms with Crippen LogP contribution in [0.2, 0.25) is 0 Å². The fraction of sp³-hybridized carbons (Fsp3) is 0.333. The van der Waals surface area contributed by atoms with Crippen LogP contribution in [-0.2, 0) is 13.2 Å². The summed E-state index contributed by atoms with van der Waals surface area (Å²) in [5, 5.41) is 10.0. The highest BCUT2D eigenvalue weighted by Crippen LogP contribution is 2.39. The Morgan fingerprint density at radius 3 is 2.56 bits per heavy atom. The average Bonchev–Trinajstić information content (AvgIpc) is 3.08. The van der Waals surface area contributed by atoms with Crippen molar-refractivity contribution >= 4 is 43.6 Å². The number of benzene rings is 2. The average molecular weight is 535 g/mol. The Labute approximate surface area is 201 Å². The lowest BCUT2D eigenvalue weighted by atomic mass is 9.96. The van der Waals surface area contributed by atoms with Crippen LogP contribution in [0.1, 0.15) is 18.4 Å². The van der Waals surface area contributed by atoms with Crippen LogP contribution < -0.4 is 10.6 Å². The maximum absolute atomic E-state index is 14.2. The van der Waals surface area contributed by atoms with Gasteiger partial charge in [-0.05, 0) is 55.2 Å². The third-order valence-electron chi connectivity index (χ3n) is 6.60. The molecule has 3 heterocycles. The fourth-order valence-electron chi connectivity index (χ4n) is 4.73. The number of hydrogen-bond acceptors (Lipinski definition) is 4. The number of imidazole rings is 1. The van der Waals surface area contributed by atoms with Gasteiger partial charge in [0, 0.05) is 42.3 Å². The van der Waals surface area contributed by atoms with E-state index < -0.39 is 17.4 Å². The number of aliphatic hydroxyl groups is 1. The smallest absolute Gasteiger partial charge is 0.396 e. The molecule has 0 radical (unpaired) electrons. The molecule has 6 nitrogen and oxygen atoms in total. The minimum absolute atomic E-state index is 0.0435. The van der Waals surface area contributed by atoms with Crippen LogP contribution in [0.5, 0.6) is 0 Å². The van der Waals surface area contributed by atoms with Gasteiger partial charge >= 0.3 is 11.9 Å². The molecule has 0 bridgehead atoms. The molecule has 1 aliphatic rings. The number of nitrogens with zero attached hydrogens (tertiary/aromatic N) is 4. The highest BCUT2D eigenvalue weighted by atomic mass is 79.9. The van der Waals surface area contributed by atoms with Gasteiger partial charge in [-0.2, -0.15) is 13.2 Å². The molecule has 2 aromatic carbocycles. The normalized spacial score (nSPS) is 15.5. The topological polar surface area (TPSA) is 63.3 Å². The summed E-state index contributed by atoms with van der Waals surface area (Å²) in [7, 11) is 1.58. The van der Waals surface area contributed by atoms with Crippen LogP contribution in [0.15, 0.2) is 51.9 Å². The standard InChI is InChI=1S/C24H22BrF3N4O2/c1-30-21-12-29-19-4-2-15(25)10-17(19)22(21)32(23(30)34)16-3-5-20(18(11-16)24(26,27)28)31-8-6-14(13-33)7-9-31/h2-5,10-12,14,33H,6-9,13H2,1H3. The first kappa shape index (κ1) is 22.9. The number of aliphatic hydroxyl groups excluding tert-OH is 1. The zero-order valence-electron chi connectivity index (χ0n) is 18.3. The van der Waals surface area contributed by atoms with Crippen molar-refractivity contribution in [1.82, 2.24) is 14.1 Å². The molecule has 0 unspecified atom stereocenters. The van der Waals surface area contributed by atoms with E-state index in [4.69, 9.17) is 0 Å². The maximum atomic E-state index is 14.2. The Kier molecular flexibility index (Phi) is 5.68. The van der Waals surface area contributed by atoms with E-state index in [1.165, 1.54) is 15.2 Å². The molecule has 0 saturated carbocycles. The van der Waals surface area contributed by atoms with Crippen LogP contribution in [0, 0.1) is 5.92 Å². The van der Waals surface area contributed by atoms with E-state index in [0.29, 0.717) is 47.9 Å². The molecule has 1 fully saturated rings. The number of pyridine rings is 1. The summed E-state index contributed by atoms with van der Waals surface area (Å²) >= 11 is 3.43. The summed E-state index contributed by atoms with van der Waals surface area (Å²) in [6.07, 6.45) is -1.77. The van der Waals surface area contributed by atoms with Gasteiger partial charge in [-0.15, -0.1) is 0 Å².